The number of carbonyl (C=O) groups excluding carboxylic acids is 1. The second-order valence-corrected chi connectivity index (χ2v) is 6.09. The lowest BCUT2D eigenvalue weighted by Crippen LogP contribution is -2.14. The smallest absolute Gasteiger partial charge is 0.255 e. The van der Waals surface area contributed by atoms with Crippen LogP contribution in [0.25, 0.3) is 0 Å². The summed E-state index contributed by atoms with van der Waals surface area (Å²) in [5.74, 6) is -0.0717. The number of carbonyl (C=O) groups is 1. The van der Waals surface area contributed by atoms with Gasteiger partial charge in [-0.3, -0.25) is 4.79 Å². The first-order valence-electron chi connectivity index (χ1n) is 8.14. The summed E-state index contributed by atoms with van der Waals surface area (Å²) in [5, 5.41) is 3.05. The van der Waals surface area contributed by atoms with E-state index in [1.807, 2.05) is 50.2 Å². The highest BCUT2D eigenvalue weighted by atomic mass is 16.1. The number of nitrogens with one attached hydrogen (secondary N) is 1. The van der Waals surface area contributed by atoms with Crippen molar-refractivity contribution >= 4 is 11.6 Å². The van der Waals surface area contributed by atoms with Crippen molar-refractivity contribution in [3.05, 3.63) is 101 Å². The van der Waals surface area contributed by atoms with Crippen LogP contribution in [0.4, 0.5) is 5.69 Å². The first kappa shape index (κ1) is 16.0. The minimum atomic E-state index is -0.0717. The first-order valence-corrected chi connectivity index (χ1v) is 8.14. The van der Waals surface area contributed by atoms with Gasteiger partial charge in [-0.2, -0.15) is 0 Å². The van der Waals surface area contributed by atoms with E-state index in [9.17, 15) is 4.79 Å². The quantitative estimate of drug-likeness (QED) is 0.709. The Morgan fingerprint density at radius 1 is 0.792 bits per heavy atom. The van der Waals surface area contributed by atoms with Crippen molar-refractivity contribution in [3.8, 4) is 0 Å². The molecule has 0 aliphatic heterocycles. The molecule has 0 atom stereocenters. The summed E-state index contributed by atoms with van der Waals surface area (Å²) >= 11 is 0. The molecule has 3 aromatic rings. The Kier molecular flexibility index (Phi) is 4.76. The molecule has 2 heteroatoms. The predicted octanol–water partition coefficient (Wildman–Crippen LogP) is 5.15. The highest BCUT2D eigenvalue weighted by molar-refractivity contribution is 6.05. The number of hydrogen-bond acceptors (Lipinski definition) is 1. The molecule has 0 unspecified atom stereocenters. The number of rotatable bonds is 4. The number of hydrogen-bond donors (Lipinski definition) is 1. The molecule has 0 heterocycles. The van der Waals surface area contributed by atoms with Crippen molar-refractivity contribution in [2.24, 2.45) is 0 Å². The molecule has 0 saturated carbocycles. The van der Waals surface area contributed by atoms with Crippen LogP contribution >= 0.6 is 0 Å². The molecule has 0 aromatic heterocycles. The lowest BCUT2D eigenvalue weighted by Gasteiger charge is -2.14. The van der Waals surface area contributed by atoms with Crippen molar-refractivity contribution in [3.63, 3.8) is 0 Å². The van der Waals surface area contributed by atoms with Crippen LogP contribution in [0.2, 0.25) is 0 Å². The molecule has 0 bridgehead atoms. The van der Waals surface area contributed by atoms with Gasteiger partial charge < -0.3 is 5.32 Å². The van der Waals surface area contributed by atoms with E-state index in [1.54, 1.807) is 0 Å². The van der Waals surface area contributed by atoms with E-state index in [-0.39, 0.29) is 5.91 Å². The van der Waals surface area contributed by atoms with Gasteiger partial charge in [0.2, 0.25) is 0 Å². The van der Waals surface area contributed by atoms with Crippen LogP contribution in [-0.2, 0) is 6.42 Å². The maximum absolute atomic E-state index is 12.4. The molecule has 0 saturated heterocycles. The molecule has 1 amide bonds. The van der Waals surface area contributed by atoms with E-state index in [0.717, 1.165) is 23.2 Å². The van der Waals surface area contributed by atoms with Crippen LogP contribution in [0.1, 0.15) is 32.6 Å². The highest BCUT2D eigenvalue weighted by Crippen LogP contribution is 2.24. The summed E-state index contributed by atoms with van der Waals surface area (Å²) in [6.07, 6.45) is 0.898. The Balaban J connectivity index is 1.81. The van der Waals surface area contributed by atoms with E-state index >= 15 is 0 Å². The molecule has 24 heavy (non-hydrogen) atoms. The Morgan fingerprint density at radius 2 is 1.33 bits per heavy atom. The van der Waals surface area contributed by atoms with Crippen LogP contribution in [0.5, 0.6) is 0 Å². The van der Waals surface area contributed by atoms with Gasteiger partial charge in [0, 0.05) is 11.3 Å². The fraction of sp³-hybridized carbons (Fsp3) is 0.136. The molecule has 0 spiro atoms. The zero-order valence-corrected chi connectivity index (χ0v) is 14.0. The van der Waals surface area contributed by atoms with Gasteiger partial charge in [0.15, 0.2) is 0 Å². The molecular weight excluding hydrogens is 294 g/mol. The van der Waals surface area contributed by atoms with E-state index in [0.29, 0.717) is 5.56 Å². The third-order valence-corrected chi connectivity index (χ3v) is 4.12. The molecule has 120 valence electrons. The standard InChI is InChI=1S/C22H21NO/c1-16-13-19(15-18-9-5-3-6-10-18)14-17(2)21(16)23-22(24)20-11-7-4-8-12-20/h3-14H,15H2,1-2H3,(H,23,24). The second kappa shape index (κ2) is 7.14. The van der Waals surface area contributed by atoms with E-state index in [4.69, 9.17) is 0 Å². The van der Waals surface area contributed by atoms with Gasteiger partial charge in [-0.15, -0.1) is 0 Å². The summed E-state index contributed by atoms with van der Waals surface area (Å²) in [4.78, 5) is 12.4. The third kappa shape index (κ3) is 3.72. The van der Waals surface area contributed by atoms with Gasteiger partial charge >= 0.3 is 0 Å². The van der Waals surface area contributed by atoms with Crippen molar-refractivity contribution < 1.29 is 4.79 Å². The number of anilines is 1. The fourth-order valence-corrected chi connectivity index (χ4v) is 2.96. The topological polar surface area (TPSA) is 29.1 Å². The molecule has 0 radical (unpaired) electrons. The normalized spacial score (nSPS) is 10.4. The largest absolute Gasteiger partial charge is 0.322 e. The van der Waals surface area contributed by atoms with Crippen molar-refractivity contribution in [1.82, 2.24) is 0 Å². The van der Waals surface area contributed by atoms with Crippen molar-refractivity contribution in [1.29, 1.82) is 0 Å². The summed E-state index contributed by atoms with van der Waals surface area (Å²) in [7, 11) is 0. The highest BCUT2D eigenvalue weighted by Gasteiger charge is 2.11. The van der Waals surface area contributed by atoms with Gasteiger partial charge in [-0.1, -0.05) is 60.7 Å². The van der Waals surface area contributed by atoms with Crippen molar-refractivity contribution in [2.45, 2.75) is 20.3 Å². The molecule has 0 aliphatic rings. The van der Waals surface area contributed by atoms with Crippen LogP contribution in [0, 0.1) is 13.8 Å². The van der Waals surface area contributed by atoms with Gasteiger partial charge in [-0.05, 0) is 54.7 Å². The fourth-order valence-electron chi connectivity index (χ4n) is 2.96. The minimum Gasteiger partial charge on any atom is -0.322 e. The summed E-state index contributed by atoms with van der Waals surface area (Å²) in [6, 6.07) is 24.0. The third-order valence-electron chi connectivity index (χ3n) is 4.12. The summed E-state index contributed by atoms with van der Waals surface area (Å²) in [6.45, 7) is 4.09. The average molecular weight is 315 g/mol. The Labute approximate surface area is 143 Å². The lowest BCUT2D eigenvalue weighted by molar-refractivity contribution is 0.102. The van der Waals surface area contributed by atoms with Gasteiger partial charge in [0.25, 0.3) is 5.91 Å². The molecule has 0 fully saturated rings. The lowest BCUT2D eigenvalue weighted by atomic mass is 9.99. The maximum Gasteiger partial charge on any atom is 0.255 e. The molecule has 3 aromatic carbocycles. The maximum atomic E-state index is 12.4. The van der Waals surface area contributed by atoms with Gasteiger partial charge in [0.05, 0.1) is 0 Å². The van der Waals surface area contributed by atoms with Crippen LogP contribution in [0.3, 0.4) is 0 Å². The van der Waals surface area contributed by atoms with Crippen LogP contribution in [-0.4, -0.2) is 5.91 Å². The van der Waals surface area contributed by atoms with E-state index < -0.39 is 0 Å². The zero-order valence-electron chi connectivity index (χ0n) is 14.0. The van der Waals surface area contributed by atoms with Crippen LogP contribution < -0.4 is 5.32 Å². The monoisotopic (exact) mass is 315 g/mol. The second-order valence-electron chi connectivity index (χ2n) is 6.09. The Morgan fingerprint density at radius 3 is 1.92 bits per heavy atom. The molecule has 2 nitrogen and oxygen atoms in total. The number of benzene rings is 3. The zero-order chi connectivity index (χ0) is 16.9. The predicted molar refractivity (Wildman–Crippen MR) is 99.6 cm³/mol. The summed E-state index contributed by atoms with van der Waals surface area (Å²) < 4.78 is 0. The SMILES string of the molecule is Cc1cc(Cc2ccccc2)cc(C)c1NC(=O)c1ccccc1. The number of amides is 1. The molecule has 1 N–H and O–H groups in total. The van der Waals surface area contributed by atoms with Crippen molar-refractivity contribution in [2.75, 3.05) is 5.32 Å². The van der Waals surface area contributed by atoms with E-state index in [2.05, 4.69) is 41.7 Å². The van der Waals surface area contributed by atoms with Gasteiger partial charge in [0.1, 0.15) is 0 Å². The first-order chi connectivity index (χ1) is 11.6. The average Bonchev–Trinajstić information content (AvgIpc) is 2.59. The number of aryl methyl sites for hydroxylation is 2. The Bertz CT molecular complexity index is 815. The Hall–Kier alpha value is -2.87. The minimum absolute atomic E-state index is 0.0717. The molecule has 3 rings (SSSR count). The molecule has 0 aliphatic carbocycles. The molecular formula is C22H21NO. The van der Waals surface area contributed by atoms with Crippen LogP contribution in [0.15, 0.2) is 72.8 Å². The van der Waals surface area contributed by atoms with E-state index in [1.165, 1.54) is 11.1 Å². The summed E-state index contributed by atoms with van der Waals surface area (Å²) in [5.41, 5.74) is 6.30. The van der Waals surface area contributed by atoms with Gasteiger partial charge in [-0.25, -0.2) is 0 Å².